The lowest BCUT2D eigenvalue weighted by molar-refractivity contribution is 0.0867. The highest BCUT2D eigenvalue weighted by Crippen LogP contribution is 2.23. The molecule has 1 aliphatic heterocycles. The van der Waals surface area contributed by atoms with Crippen LogP contribution in [0.1, 0.15) is 57.2 Å². The van der Waals surface area contributed by atoms with Crippen LogP contribution in [0, 0.1) is 5.92 Å². The van der Waals surface area contributed by atoms with Crippen molar-refractivity contribution in [2.75, 3.05) is 13.2 Å². The van der Waals surface area contributed by atoms with Crippen LogP contribution < -0.4 is 5.32 Å². The van der Waals surface area contributed by atoms with Gasteiger partial charge in [-0.15, -0.1) is 0 Å². The van der Waals surface area contributed by atoms with Crippen LogP contribution in [0.3, 0.4) is 0 Å². The van der Waals surface area contributed by atoms with Crippen LogP contribution >= 0.6 is 0 Å². The normalized spacial score (nSPS) is 23.9. The highest BCUT2D eigenvalue weighted by atomic mass is 16.5. The predicted octanol–water partition coefficient (Wildman–Crippen LogP) is 4.10. The summed E-state index contributed by atoms with van der Waals surface area (Å²) in [5.74, 6) is 0.682. The monoisotopic (exact) mass is 275 g/mol. The largest absolute Gasteiger partial charge is 0.378 e. The summed E-state index contributed by atoms with van der Waals surface area (Å²) >= 11 is 0. The van der Waals surface area contributed by atoms with E-state index < -0.39 is 0 Å². The standard InChI is InChI=1S/C18H29NO/c1-4-6-15-7-9-16(10-8-15)14(3)19-13-17-11-12-20-18(17)5-2/h7-10,14,17-19H,4-6,11-13H2,1-3H3. The van der Waals surface area contributed by atoms with Crippen molar-refractivity contribution in [3.8, 4) is 0 Å². The Morgan fingerprint density at radius 3 is 2.65 bits per heavy atom. The van der Waals surface area contributed by atoms with Crippen LogP contribution in [0.2, 0.25) is 0 Å². The van der Waals surface area contributed by atoms with Gasteiger partial charge in [0.25, 0.3) is 0 Å². The quantitative estimate of drug-likeness (QED) is 0.808. The van der Waals surface area contributed by atoms with Crippen molar-refractivity contribution >= 4 is 0 Å². The zero-order chi connectivity index (χ0) is 14.4. The molecule has 3 unspecified atom stereocenters. The fourth-order valence-corrected chi connectivity index (χ4v) is 3.09. The maximum Gasteiger partial charge on any atom is 0.0613 e. The summed E-state index contributed by atoms with van der Waals surface area (Å²) in [4.78, 5) is 0. The summed E-state index contributed by atoms with van der Waals surface area (Å²) in [6.45, 7) is 8.71. The van der Waals surface area contributed by atoms with E-state index in [0.717, 1.165) is 19.6 Å². The number of hydrogen-bond acceptors (Lipinski definition) is 2. The maximum atomic E-state index is 5.76. The lowest BCUT2D eigenvalue weighted by Crippen LogP contribution is -2.30. The molecule has 2 nitrogen and oxygen atoms in total. The van der Waals surface area contributed by atoms with Gasteiger partial charge in [-0.05, 0) is 43.2 Å². The van der Waals surface area contributed by atoms with Crippen LogP contribution in [0.5, 0.6) is 0 Å². The summed E-state index contributed by atoms with van der Waals surface area (Å²) in [5, 5.41) is 3.68. The van der Waals surface area contributed by atoms with E-state index in [9.17, 15) is 0 Å². The molecule has 2 rings (SSSR count). The first kappa shape index (κ1) is 15.5. The van der Waals surface area contributed by atoms with Crippen molar-refractivity contribution in [3.05, 3.63) is 35.4 Å². The Hall–Kier alpha value is -0.860. The summed E-state index contributed by atoms with van der Waals surface area (Å²) in [6, 6.07) is 9.49. The first-order valence-corrected chi connectivity index (χ1v) is 8.18. The van der Waals surface area contributed by atoms with Crippen molar-refractivity contribution in [2.45, 2.75) is 58.6 Å². The molecular formula is C18H29NO. The SMILES string of the molecule is CCCc1ccc(C(C)NCC2CCOC2CC)cc1. The van der Waals surface area contributed by atoms with Gasteiger partial charge < -0.3 is 10.1 Å². The topological polar surface area (TPSA) is 21.3 Å². The Bertz CT molecular complexity index is 387. The van der Waals surface area contributed by atoms with Crippen LogP contribution in [-0.2, 0) is 11.2 Å². The fraction of sp³-hybridized carbons (Fsp3) is 0.667. The van der Waals surface area contributed by atoms with Crippen molar-refractivity contribution in [3.63, 3.8) is 0 Å². The summed E-state index contributed by atoms with van der Waals surface area (Å²) in [5.41, 5.74) is 2.83. The van der Waals surface area contributed by atoms with Gasteiger partial charge in [0.05, 0.1) is 6.10 Å². The van der Waals surface area contributed by atoms with Crippen LogP contribution in [0.4, 0.5) is 0 Å². The minimum atomic E-state index is 0.420. The number of nitrogens with one attached hydrogen (secondary N) is 1. The Labute approximate surface area is 123 Å². The number of ether oxygens (including phenoxy) is 1. The van der Waals surface area contributed by atoms with Gasteiger partial charge in [-0.2, -0.15) is 0 Å². The van der Waals surface area contributed by atoms with Crippen molar-refractivity contribution in [1.82, 2.24) is 5.32 Å². The molecule has 1 fully saturated rings. The average Bonchev–Trinajstić information content (AvgIpc) is 2.93. The fourth-order valence-electron chi connectivity index (χ4n) is 3.09. The maximum absolute atomic E-state index is 5.76. The van der Waals surface area contributed by atoms with E-state index in [1.54, 1.807) is 0 Å². The minimum Gasteiger partial charge on any atom is -0.378 e. The second-order valence-electron chi connectivity index (χ2n) is 5.99. The molecule has 1 aliphatic rings. The molecule has 0 aliphatic carbocycles. The number of benzene rings is 1. The van der Waals surface area contributed by atoms with Gasteiger partial charge in [-0.25, -0.2) is 0 Å². The van der Waals surface area contributed by atoms with Crippen molar-refractivity contribution in [1.29, 1.82) is 0 Å². The molecule has 0 bridgehead atoms. The molecule has 0 radical (unpaired) electrons. The molecule has 1 aromatic carbocycles. The van der Waals surface area contributed by atoms with Crippen LogP contribution in [0.15, 0.2) is 24.3 Å². The third-order valence-corrected chi connectivity index (χ3v) is 4.45. The van der Waals surface area contributed by atoms with E-state index in [1.807, 2.05) is 0 Å². The van der Waals surface area contributed by atoms with E-state index in [-0.39, 0.29) is 0 Å². The molecule has 2 heteroatoms. The van der Waals surface area contributed by atoms with E-state index in [1.165, 1.54) is 30.4 Å². The molecule has 1 aromatic rings. The zero-order valence-electron chi connectivity index (χ0n) is 13.2. The first-order chi connectivity index (χ1) is 9.74. The van der Waals surface area contributed by atoms with E-state index in [4.69, 9.17) is 4.74 Å². The van der Waals surface area contributed by atoms with E-state index in [0.29, 0.717) is 18.1 Å². The molecule has 3 atom stereocenters. The molecule has 1 saturated heterocycles. The van der Waals surface area contributed by atoms with Gasteiger partial charge in [-0.1, -0.05) is 44.5 Å². The molecule has 0 saturated carbocycles. The molecule has 1 N–H and O–H groups in total. The number of aryl methyl sites for hydroxylation is 1. The molecule has 0 spiro atoms. The van der Waals surface area contributed by atoms with Crippen LogP contribution in [-0.4, -0.2) is 19.3 Å². The lowest BCUT2D eigenvalue weighted by atomic mass is 9.98. The smallest absolute Gasteiger partial charge is 0.0613 e. The Morgan fingerprint density at radius 1 is 1.25 bits per heavy atom. The highest BCUT2D eigenvalue weighted by Gasteiger charge is 2.26. The van der Waals surface area contributed by atoms with Gasteiger partial charge in [0, 0.05) is 19.2 Å². The molecule has 0 amide bonds. The van der Waals surface area contributed by atoms with E-state index in [2.05, 4.69) is 50.4 Å². The van der Waals surface area contributed by atoms with E-state index >= 15 is 0 Å². The summed E-state index contributed by atoms with van der Waals surface area (Å²) in [7, 11) is 0. The summed E-state index contributed by atoms with van der Waals surface area (Å²) in [6.07, 6.45) is 5.19. The van der Waals surface area contributed by atoms with Gasteiger partial charge in [0.1, 0.15) is 0 Å². The molecule has 1 heterocycles. The number of hydrogen-bond donors (Lipinski definition) is 1. The van der Waals surface area contributed by atoms with Gasteiger partial charge in [0.2, 0.25) is 0 Å². The minimum absolute atomic E-state index is 0.420. The molecular weight excluding hydrogens is 246 g/mol. The Balaban J connectivity index is 1.83. The lowest BCUT2D eigenvalue weighted by Gasteiger charge is -2.21. The van der Waals surface area contributed by atoms with Crippen molar-refractivity contribution < 1.29 is 4.74 Å². The second-order valence-corrected chi connectivity index (χ2v) is 5.99. The predicted molar refractivity (Wildman–Crippen MR) is 85.0 cm³/mol. The van der Waals surface area contributed by atoms with Gasteiger partial charge >= 0.3 is 0 Å². The van der Waals surface area contributed by atoms with Crippen molar-refractivity contribution in [2.24, 2.45) is 5.92 Å². The van der Waals surface area contributed by atoms with Crippen LogP contribution in [0.25, 0.3) is 0 Å². The highest BCUT2D eigenvalue weighted by molar-refractivity contribution is 5.24. The Kier molecular flexibility index (Phi) is 6.06. The number of rotatable bonds is 7. The zero-order valence-corrected chi connectivity index (χ0v) is 13.2. The Morgan fingerprint density at radius 2 is 2.00 bits per heavy atom. The average molecular weight is 275 g/mol. The van der Waals surface area contributed by atoms with Gasteiger partial charge in [-0.3, -0.25) is 0 Å². The third kappa shape index (κ3) is 4.07. The third-order valence-electron chi connectivity index (χ3n) is 4.45. The summed E-state index contributed by atoms with van der Waals surface area (Å²) < 4.78 is 5.76. The molecule has 112 valence electrons. The molecule has 20 heavy (non-hydrogen) atoms. The second kappa shape index (κ2) is 7.80. The molecule has 0 aromatic heterocycles. The van der Waals surface area contributed by atoms with Gasteiger partial charge in [0.15, 0.2) is 0 Å². The first-order valence-electron chi connectivity index (χ1n) is 8.18.